The van der Waals surface area contributed by atoms with E-state index in [1.165, 1.54) is 0 Å². The number of hydrogen-bond donors (Lipinski definition) is 1. The van der Waals surface area contributed by atoms with Crippen LogP contribution in [0.25, 0.3) is 0 Å². The van der Waals surface area contributed by atoms with Gasteiger partial charge in [0.25, 0.3) is 0 Å². The first-order valence-corrected chi connectivity index (χ1v) is 5.32. The fraction of sp³-hybridized carbons (Fsp3) is 0.750. The van der Waals surface area contributed by atoms with E-state index in [4.69, 9.17) is 4.74 Å². The molecule has 15 heavy (non-hydrogen) atoms. The molecule has 1 aliphatic heterocycles. The topological polar surface area (TPSA) is 38.3 Å². The molecule has 84 valence electrons. The molecule has 0 bridgehead atoms. The highest BCUT2D eigenvalue weighted by Gasteiger charge is 2.25. The van der Waals surface area contributed by atoms with Gasteiger partial charge in [-0.1, -0.05) is 5.92 Å². The third kappa shape index (κ3) is 4.35. The molecular weight excluding hydrogens is 190 g/mol. The molecule has 1 saturated heterocycles. The molecule has 1 aliphatic rings. The molecular formula is C12H19NO2. The average molecular weight is 209 g/mol. The van der Waals surface area contributed by atoms with Crippen molar-refractivity contribution in [1.29, 1.82) is 0 Å². The quantitative estimate of drug-likeness (QED) is 0.373. The highest BCUT2D eigenvalue weighted by Crippen LogP contribution is 2.16. The normalized spacial score (nSPS) is 25.6. The molecule has 1 atom stereocenters. The van der Waals surface area contributed by atoms with Crippen LogP contribution in [0.15, 0.2) is 0 Å². The van der Waals surface area contributed by atoms with Crippen molar-refractivity contribution in [2.45, 2.75) is 51.7 Å². The third-order valence-electron chi connectivity index (χ3n) is 2.21. The van der Waals surface area contributed by atoms with Gasteiger partial charge in [0.15, 0.2) is 0 Å². The summed E-state index contributed by atoms with van der Waals surface area (Å²) in [5.74, 6) is 5.05. The van der Waals surface area contributed by atoms with Gasteiger partial charge in [-0.2, -0.15) is 0 Å². The van der Waals surface area contributed by atoms with Gasteiger partial charge >= 0.3 is 5.97 Å². The summed E-state index contributed by atoms with van der Waals surface area (Å²) in [6, 6.07) is 0. The van der Waals surface area contributed by atoms with Crippen LogP contribution in [0, 0.1) is 11.8 Å². The van der Waals surface area contributed by atoms with E-state index in [1.54, 1.807) is 0 Å². The summed E-state index contributed by atoms with van der Waals surface area (Å²) in [5.41, 5.74) is -0.674. The molecule has 0 aromatic carbocycles. The number of carbonyl (C=O) groups excluding carboxylic acids is 1. The maximum atomic E-state index is 11.3. The second-order valence-corrected chi connectivity index (χ2v) is 5.11. The maximum absolute atomic E-state index is 11.3. The lowest BCUT2D eigenvalue weighted by molar-refractivity contribution is -0.147. The first kappa shape index (κ1) is 12.1. The highest BCUT2D eigenvalue weighted by molar-refractivity contribution is 5.89. The summed E-state index contributed by atoms with van der Waals surface area (Å²) >= 11 is 0. The van der Waals surface area contributed by atoms with Gasteiger partial charge in [0, 0.05) is 5.92 Å². The molecule has 0 saturated carbocycles. The van der Waals surface area contributed by atoms with Crippen LogP contribution in [0.4, 0.5) is 0 Å². The molecule has 1 rings (SSSR count). The number of carbonyl (C=O) groups is 1. The zero-order valence-electron chi connectivity index (χ0n) is 9.94. The van der Waals surface area contributed by atoms with Gasteiger partial charge in [0.2, 0.25) is 0 Å². The largest absolute Gasteiger partial charge is 0.450 e. The number of hydrogen-bond acceptors (Lipinski definition) is 3. The minimum atomic E-state index is -0.463. The van der Waals surface area contributed by atoms with Crippen LogP contribution < -0.4 is 5.32 Å². The summed E-state index contributed by atoms with van der Waals surface area (Å²) in [6.45, 7) is 8.49. The van der Waals surface area contributed by atoms with Crippen molar-refractivity contribution in [1.82, 2.24) is 5.32 Å². The van der Waals surface area contributed by atoms with Crippen molar-refractivity contribution in [3.8, 4) is 11.8 Å². The van der Waals surface area contributed by atoms with E-state index in [-0.39, 0.29) is 5.54 Å². The first-order chi connectivity index (χ1) is 6.81. The lowest BCUT2D eigenvalue weighted by Gasteiger charge is -2.18. The zero-order chi connectivity index (χ0) is 11.5. The lowest BCUT2D eigenvalue weighted by atomic mass is 10.0. The third-order valence-corrected chi connectivity index (χ3v) is 2.21. The molecule has 0 amide bonds. The molecule has 0 aromatic heterocycles. The number of rotatable bonds is 0. The van der Waals surface area contributed by atoms with Gasteiger partial charge in [0.05, 0.1) is 5.54 Å². The van der Waals surface area contributed by atoms with Crippen LogP contribution in [0.2, 0.25) is 0 Å². The molecule has 1 fully saturated rings. The van der Waals surface area contributed by atoms with Crippen LogP contribution in [0.1, 0.15) is 40.5 Å². The monoisotopic (exact) mass is 209 g/mol. The summed E-state index contributed by atoms with van der Waals surface area (Å²) < 4.78 is 5.10. The van der Waals surface area contributed by atoms with Crippen LogP contribution in [0.5, 0.6) is 0 Å². The van der Waals surface area contributed by atoms with Gasteiger partial charge in [-0.05, 0) is 47.1 Å². The molecule has 0 spiro atoms. The summed E-state index contributed by atoms with van der Waals surface area (Å²) in [5, 5.41) is 3.27. The highest BCUT2D eigenvalue weighted by atomic mass is 16.6. The molecule has 0 aliphatic carbocycles. The van der Waals surface area contributed by atoms with E-state index in [2.05, 4.69) is 17.2 Å². The van der Waals surface area contributed by atoms with Crippen molar-refractivity contribution in [3.05, 3.63) is 0 Å². The average Bonchev–Trinajstić information content (AvgIpc) is 2.47. The molecule has 0 radical (unpaired) electrons. The Kier molecular flexibility index (Phi) is 3.41. The summed E-state index contributed by atoms with van der Waals surface area (Å²) in [6.07, 6.45) is 2.10. The van der Waals surface area contributed by atoms with E-state index in [1.807, 2.05) is 27.7 Å². The van der Waals surface area contributed by atoms with Crippen molar-refractivity contribution in [2.75, 3.05) is 6.54 Å². The standard InChI is InChI=1S/C12H19NO2/c1-11(2,3)15-10(14)6-8-12(4)7-5-9-13-12/h13H,5,7,9H2,1-4H3/t12-/m1/s1. The SMILES string of the molecule is CC(C)(C)OC(=O)C#C[C@@]1(C)CCCN1. The Morgan fingerprint density at radius 2 is 2.13 bits per heavy atom. The molecule has 1 heterocycles. The van der Waals surface area contributed by atoms with Crippen LogP contribution in [-0.2, 0) is 9.53 Å². The number of ether oxygens (including phenoxy) is 1. The Hall–Kier alpha value is -1.01. The van der Waals surface area contributed by atoms with Gasteiger partial charge in [0.1, 0.15) is 5.60 Å². The fourth-order valence-electron chi connectivity index (χ4n) is 1.49. The minimum Gasteiger partial charge on any atom is -0.450 e. The zero-order valence-corrected chi connectivity index (χ0v) is 9.94. The lowest BCUT2D eigenvalue weighted by Crippen LogP contribution is -2.34. The Balaban J connectivity index is 2.54. The van der Waals surface area contributed by atoms with Gasteiger partial charge < -0.3 is 10.1 Å². The van der Waals surface area contributed by atoms with E-state index < -0.39 is 11.6 Å². The summed E-state index contributed by atoms with van der Waals surface area (Å²) in [7, 11) is 0. The van der Waals surface area contributed by atoms with Crippen LogP contribution in [0.3, 0.4) is 0 Å². The van der Waals surface area contributed by atoms with E-state index in [9.17, 15) is 4.79 Å². The Bertz CT molecular complexity index is 298. The molecule has 3 nitrogen and oxygen atoms in total. The van der Waals surface area contributed by atoms with Gasteiger partial charge in [-0.25, -0.2) is 4.79 Å². The van der Waals surface area contributed by atoms with E-state index >= 15 is 0 Å². The predicted molar refractivity (Wildman–Crippen MR) is 59.3 cm³/mol. The molecule has 0 unspecified atom stereocenters. The van der Waals surface area contributed by atoms with Gasteiger partial charge in [-0.15, -0.1) is 0 Å². The molecule has 3 heteroatoms. The number of nitrogens with one attached hydrogen (secondary N) is 1. The second kappa shape index (κ2) is 4.24. The predicted octanol–water partition coefficient (Wildman–Crippen LogP) is 1.47. The Morgan fingerprint density at radius 1 is 1.47 bits per heavy atom. The van der Waals surface area contributed by atoms with Crippen molar-refractivity contribution >= 4 is 5.97 Å². The molecule has 0 aromatic rings. The summed E-state index contributed by atoms with van der Waals surface area (Å²) in [4.78, 5) is 11.3. The fourth-order valence-corrected chi connectivity index (χ4v) is 1.49. The van der Waals surface area contributed by atoms with E-state index in [0.717, 1.165) is 19.4 Å². The maximum Gasteiger partial charge on any atom is 0.384 e. The Morgan fingerprint density at radius 3 is 2.60 bits per heavy atom. The Labute approximate surface area is 91.6 Å². The minimum absolute atomic E-state index is 0.211. The molecule has 1 N–H and O–H groups in total. The van der Waals surface area contributed by atoms with Crippen molar-refractivity contribution in [2.24, 2.45) is 0 Å². The second-order valence-electron chi connectivity index (χ2n) is 5.11. The van der Waals surface area contributed by atoms with Gasteiger partial charge in [-0.3, -0.25) is 0 Å². The van der Waals surface area contributed by atoms with Crippen LogP contribution in [-0.4, -0.2) is 23.7 Å². The van der Waals surface area contributed by atoms with Crippen molar-refractivity contribution in [3.63, 3.8) is 0 Å². The smallest absolute Gasteiger partial charge is 0.384 e. The van der Waals surface area contributed by atoms with E-state index in [0.29, 0.717) is 0 Å². The van der Waals surface area contributed by atoms with Crippen LogP contribution >= 0.6 is 0 Å². The number of esters is 1. The van der Waals surface area contributed by atoms with Crippen molar-refractivity contribution < 1.29 is 9.53 Å². The first-order valence-electron chi connectivity index (χ1n) is 5.32.